The summed E-state index contributed by atoms with van der Waals surface area (Å²) in [5.74, 6) is -0.243. The van der Waals surface area contributed by atoms with Crippen LogP contribution in [0.2, 0.25) is 0 Å². The van der Waals surface area contributed by atoms with Gasteiger partial charge in [0.1, 0.15) is 17.5 Å². The molecule has 0 amide bonds. The highest BCUT2D eigenvalue weighted by molar-refractivity contribution is 5.87. The molecular formula is C24H22N6O2. The first-order valence-corrected chi connectivity index (χ1v) is 10.7. The zero-order valence-corrected chi connectivity index (χ0v) is 17.4. The van der Waals surface area contributed by atoms with E-state index in [1.807, 2.05) is 30.3 Å². The number of carbonyl (C=O) groups is 1. The van der Waals surface area contributed by atoms with Gasteiger partial charge >= 0.3 is 5.97 Å². The van der Waals surface area contributed by atoms with Crippen molar-refractivity contribution in [2.24, 2.45) is 5.92 Å². The smallest absolute Gasteiger partial charge is 0.303 e. The van der Waals surface area contributed by atoms with Gasteiger partial charge in [0.05, 0.1) is 17.4 Å². The molecule has 32 heavy (non-hydrogen) atoms. The van der Waals surface area contributed by atoms with Crippen LogP contribution >= 0.6 is 0 Å². The van der Waals surface area contributed by atoms with Gasteiger partial charge in [0.2, 0.25) is 0 Å². The lowest BCUT2D eigenvalue weighted by Gasteiger charge is -2.28. The van der Waals surface area contributed by atoms with Crippen molar-refractivity contribution in [3.63, 3.8) is 0 Å². The third-order valence-corrected chi connectivity index (χ3v) is 6.42. The van der Waals surface area contributed by atoms with Gasteiger partial charge in [-0.3, -0.25) is 9.78 Å². The molecule has 4 aromatic rings. The number of rotatable bonds is 4. The van der Waals surface area contributed by atoms with Gasteiger partial charge < -0.3 is 10.8 Å². The molecule has 1 aliphatic rings. The lowest BCUT2D eigenvalue weighted by molar-refractivity contribution is -0.138. The summed E-state index contributed by atoms with van der Waals surface area (Å²) in [5, 5.41) is 24.3. The molecule has 8 heteroatoms. The van der Waals surface area contributed by atoms with Crippen molar-refractivity contribution < 1.29 is 9.90 Å². The lowest BCUT2D eigenvalue weighted by atomic mass is 9.78. The first-order valence-electron chi connectivity index (χ1n) is 10.7. The van der Waals surface area contributed by atoms with Crippen molar-refractivity contribution in [3.8, 4) is 17.2 Å². The number of hydrogen-bond donors (Lipinski definition) is 2. The Balaban J connectivity index is 1.57. The number of hydrogen-bond acceptors (Lipinski definition) is 6. The van der Waals surface area contributed by atoms with Crippen LogP contribution in [0.15, 0.2) is 42.7 Å². The largest absolute Gasteiger partial charge is 0.481 e. The van der Waals surface area contributed by atoms with E-state index in [-0.39, 0.29) is 24.1 Å². The molecule has 1 aliphatic carbocycles. The monoisotopic (exact) mass is 426 g/mol. The van der Waals surface area contributed by atoms with E-state index in [2.05, 4.69) is 16.2 Å². The molecule has 0 bridgehead atoms. The fourth-order valence-corrected chi connectivity index (χ4v) is 4.75. The second-order valence-corrected chi connectivity index (χ2v) is 8.39. The molecule has 3 aromatic heterocycles. The highest BCUT2D eigenvalue weighted by Crippen LogP contribution is 2.39. The first-order chi connectivity index (χ1) is 15.5. The van der Waals surface area contributed by atoms with Crippen LogP contribution < -0.4 is 5.73 Å². The van der Waals surface area contributed by atoms with E-state index < -0.39 is 5.97 Å². The van der Waals surface area contributed by atoms with E-state index in [1.165, 1.54) is 4.52 Å². The third kappa shape index (κ3) is 3.42. The molecule has 0 unspecified atom stereocenters. The summed E-state index contributed by atoms with van der Waals surface area (Å²) >= 11 is 0. The zero-order chi connectivity index (χ0) is 22.2. The number of fused-ring (bicyclic) bond motifs is 2. The summed E-state index contributed by atoms with van der Waals surface area (Å²) in [7, 11) is 0. The fourth-order valence-electron chi connectivity index (χ4n) is 4.75. The number of nitrogens with two attached hydrogens (primary N) is 1. The minimum absolute atomic E-state index is 0.0690. The Kier molecular flexibility index (Phi) is 4.94. The van der Waals surface area contributed by atoms with Gasteiger partial charge in [-0.25, -0.2) is 4.98 Å². The van der Waals surface area contributed by atoms with Gasteiger partial charge in [0.25, 0.3) is 0 Å². The Hall–Kier alpha value is -3.99. The van der Waals surface area contributed by atoms with Gasteiger partial charge in [-0.15, -0.1) is 0 Å². The molecule has 1 fully saturated rings. The third-order valence-electron chi connectivity index (χ3n) is 6.42. The molecular weight excluding hydrogens is 404 g/mol. The summed E-state index contributed by atoms with van der Waals surface area (Å²) in [6.07, 6.45) is 6.87. The molecule has 3 N–H and O–H groups in total. The van der Waals surface area contributed by atoms with E-state index in [9.17, 15) is 10.1 Å². The minimum Gasteiger partial charge on any atom is -0.481 e. The van der Waals surface area contributed by atoms with E-state index in [4.69, 9.17) is 15.8 Å². The molecule has 0 radical (unpaired) electrons. The molecule has 0 spiro atoms. The van der Waals surface area contributed by atoms with Gasteiger partial charge in [-0.05, 0) is 43.7 Å². The maximum atomic E-state index is 11.0. The van der Waals surface area contributed by atoms with Gasteiger partial charge in [-0.2, -0.15) is 14.9 Å². The Morgan fingerprint density at radius 2 is 2.00 bits per heavy atom. The van der Waals surface area contributed by atoms with Crippen LogP contribution in [0.5, 0.6) is 0 Å². The van der Waals surface area contributed by atoms with Crippen LogP contribution in [0.1, 0.15) is 49.3 Å². The van der Waals surface area contributed by atoms with E-state index in [0.29, 0.717) is 16.9 Å². The number of anilines is 1. The number of carboxylic acids is 1. The van der Waals surface area contributed by atoms with Crippen LogP contribution in [-0.4, -0.2) is 30.7 Å². The quantitative estimate of drug-likeness (QED) is 0.501. The SMILES string of the molecule is N#Cc1c(C2CCC(CC(=O)O)CC2)nc2c(-c3cnc4ccccc4c3)cnn2c1N. The second kappa shape index (κ2) is 7.93. The summed E-state index contributed by atoms with van der Waals surface area (Å²) in [5.41, 5.74) is 10.6. The van der Waals surface area contributed by atoms with Crippen LogP contribution in [0.25, 0.3) is 27.7 Å². The predicted molar refractivity (Wildman–Crippen MR) is 120 cm³/mol. The Bertz CT molecular complexity index is 1380. The number of nitriles is 1. The van der Waals surface area contributed by atoms with Gasteiger partial charge in [-0.1, -0.05) is 18.2 Å². The van der Waals surface area contributed by atoms with Crippen molar-refractivity contribution >= 4 is 28.3 Å². The number of aliphatic carboxylic acids is 1. The van der Waals surface area contributed by atoms with Gasteiger partial charge in [0.15, 0.2) is 5.65 Å². The summed E-state index contributed by atoms with van der Waals surface area (Å²) in [6.45, 7) is 0. The number of carboxylic acid groups (broad SMARTS) is 1. The number of nitrogen functional groups attached to an aromatic ring is 1. The molecule has 1 saturated carbocycles. The topological polar surface area (TPSA) is 130 Å². The summed E-state index contributed by atoms with van der Waals surface area (Å²) in [6, 6.07) is 12.2. The molecule has 0 aliphatic heterocycles. The van der Waals surface area contributed by atoms with E-state index in [0.717, 1.165) is 47.7 Å². The Morgan fingerprint density at radius 3 is 2.75 bits per heavy atom. The molecule has 0 saturated heterocycles. The minimum atomic E-state index is -0.761. The number of nitrogens with zero attached hydrogens (tertiary/aromatic N) is 5. The fraction of sp³-hybridized carbons (Fsp3) is 0.292. The normalized spacial score (nSPS) is 18.6. The number of benzene rings is 1. The maximum Gasteiger partial charge on any atom is 0.303 e. The van der Waals surface area contributed by atoms with Crippen LogP contribution in [-0.2, 0) is 4.79 Å². The van der Waals surface area contributed by atoms with Crippen LogP contribution in [0.3, 0.4) is 0 Å². The Morgan fingerprint density at radius 1 is 1.22 bits per heavy atom. The predicted octanol–water partition coefficient (Wildman–Crippen LogP) is 4.15. The highest BCUT2D eigenvalue weighted by Gasteiger charge is 2.29. The van der Waals surface area contributed by atoms with Crippen LogP contribution in [0, 0.1) is 17.2 Å². The average molecular weight is 426 g/mol. The number of para-hydroxylation sites is 1. The molecule has 3 heterocycles. The molecule has 0 atom stereocenters. The molecule has 1 aromatic carbocycles. The first kappa shape index (κ1) is 19.9. The van der Waals surface area contributed by atoms with Gasteiger partial charge in [0, 0.05) is 35.0 Å². The standard InChI is InChI=1S/C24H22N6O2/c25-11-18-22(15-7-5-14(6-8-15)9-21(31)32)29-24-19(13-28-30(24)23(18)26)17-10-16-3-1-2-4-20(16)27-12-17/h1-4,10,12-15H,5-9,26H2,(H,31,32). The molecule has 8 nitrogen and oxygen atoms in total. The molecule has 160 valence electrons. The lowest BCUT2D eigenvalue weighted by Crippen LogP contribution is -2.19. The van der Waals surface area contributed by atoms with Crippen molar-refractivity contribution in [2.75, 3.05) is 5.73 Å². The summed E-state index contributed by atoms with van der Waals surface area (Å²) < 4.78 is 1.52. The maximum absolute atomic E-state index is 11.0. The molecule has 5 rings (SSSR count). The average Bonchev–Trinajstić information content (AvgIpc) is 3.23. The highest BCUT2D eigenvalue weighted by atomic mass is 16.4. The Labute approximate surface area is 184 Å². The number of pyridine rings is 1. The number of aromatic nitrogens is 4. The van der Waals surface area contributed by atoms with Crippen molar-refractivity contribution in [1.29, 1.82) is 5.26 Å². The summed E-state index contributed by atoms with van der Waals surface area (Å²) in [4.78, 5) is 20.5. The van der Waals surface area contributed by atoms with E-state index in [1.54, 1.807) is 12.4 Å². The zero-order valence-electron chi connectivity index (χ0n) is 17.4. The van der Waals surface area contributed by atoms with Crippen molar-refractivity contribution in [1.82, 2.24) is 19.6 Å². The van der Waals surface area contributed by atoms with Crippen LogP contribution in [0.4, 0.5) is 5.82 Å². The van der Waals surface area contributed by atoms with Crippen molar-refractivity contribution in [3.05, 3.63) is 54.0 Å². The second-order valence-electron chi connectivity index (χ2n) is 8.39. The van der Waals surface area contributed by atoms with E-state index >= 15 is 0 Å². The van der Waals surface area contributed by atoms with Crippen molar-refractivity contribution in [2.45, 2.75) is 38.0 Å².